The predicted molar refractivity (Wildman–Crippen MR) is 133 cm³/mol. The zero-order valence-corrected chi connectivity index (χ0v) is 20.0. The number of aryl methyl sites for hydroxylation is 2. The molecule has 0 amide bonds. The van der Waals surface area contributed by atoms with Crippen molar-refractivity contribution < 1.29 is 4.57 Å². The van der Waals surface area contributed by atoms with Crippen molar-refractivity contribution in [2.75, 3.05) is 0 Å². The molecular weight excluding hydrogens is 443 g/mol. The van der Waals surface area contributed by atoms with Gasteiger partial charge in [-0.05, 0) is 0 Å². The van der Waals surface area contributed by atoms with Crippen LogP contribution >= 0.6 is 0 Å². The molecule has 0 unspecified atom stereocenters. The van der Waals surface area contributed by atoms with Gasteiger partial charge in [0.1, 0.15) is 0 Å². The Hall–Kier alpha value is -2.87. The summed E-state index contributed by atoms with van der Waals surface area (Å²) in [6, 6.07) is 24.8. The molecule has 3 aromatic carbocycles. The summed E-state index contributed by atoms with van der Waals surface area (Å²) in [4.78, 5) is 0. The van der Waals surface area contributed by atoms with Gasteiger partial charge < -0.3 is 0 Å². The molecule has 0 fully saturated rings. The van der Waals surface area contributed by atoms with Crippen LogP contribution in [0.3, 0.4) is 0 Å². The van der Waals surface area contributed by atoms with Gasteiger partial charge in [0, 0.05) is 0 Å². The molecule has 0 saturated carbocycles. The number of hydrogen-bond acceptors (Lipinski definition) is 0. The summed E-state index contributed by atoms with van der Waals surface area (Å²) in [6.07, 6.45) is 2.35. The summed E-state index contributed by atoms with van der Waals surface area (Å²) < 4.78 is 7.77. The van der Waals surface area contributed by atoms with Crippen LogP contribution in [0.1, 0.15) is 30.9 Å². The molecule has 0 atom stereocenters. The number of nitrogens with zero attached hydrogens (tertiary/aromatic N) is 2. The van der Waals surface area contributed by atoms with Gasteiger partial charge in [0.2, 0.25) is 0 Å². The molecule has 0 radical (unpaired) electrons. The summed E-state index contributed by atoms with van der Waals surface area (Å²) in [5.41, 5.74) is 5.41. The van der Waals surface area contributed by atoms with Crippen LogP contribution in [0.5, 0.6) is 0 Å². The van der Waals surface area contributed by atoms with E-state index in [1.165, 1.54) is 58.0 Å². The van der Waals surface area contributed by atoms with E-state index in [0.29, 0.717) is 20.4 Å². The van der Waals surface area contributed by atoms with E-state index in [4.69, 9.17) is 0 Å². The van der Waals surface area contributed by atoms with Gasteiger partial charge in [-0.1, -0.05) is 0 Å². The minimum atomic E-state index is 0.379. The Labute approximate surface area is 188 Å². The normalized spacial score (nSPS) is 12.2. The van der Waals surface area contributed by atoms with Gasteiger partial charge in [0.05, 0.1) is 0 Å². The van der Waals surface area contributed by atoms with Crippen LogP contribution in [-0.4, -0.2) is 19.1 Å². The summed E-state index contributed by atoms with van der Waals surface area (Å²) in [5.74, 6) is 1.72. The quantitative estimate of drug-likeness (QED) is 0.205. The molecule has 0 N–H and O–H groups in total. The van der Waals surface area contributed by atoms with Gasteiger partial charge >= 0.3 is 188 Å². The average molecular weight is 468 g/mol. The number of aromatic nitrogens is 2. The van der Waals surface area contributed by atoms with E-state index in [2.05, 4.69) is 110 Å². The summed E-state index contributed by atoms with van der Waals surface area (Å²) in [7, 11) is 2.19. The van der Waals surface area contributed by atoms with E-state index in [1.807, 2.05) is 0 Å². The van der Waals surface area contributed by atoms with Crippen molar-refractivity contribution in [2.45, 2.75) is 26.7 Å². The third-order valence-electron chi connectivity index (χ3n) is 6.59. The van der Waals surface area contributed by atoms with Gasteiger partial charge in [-0.15, -0.1) is 0 Å². The molecule has 0 saturated heterocycles. The Morgan fingerprint density at radius 2 is 1.55 bits per heavy atom. The molecule has 0 aliphatic carbocycles. The van der Waals surface area contributed by atoms with Gasteiger partial charge in [-0.25, -0.2) is 0 Å². The van der Waals surface area contributed by atoms with Gasteiger partial charge in [-0.2, -0.15) is 0 Å². The SMILES string of the molecule is Cc1c(C(C)C)ccc2c3ccccc3n(-c3cc4c(c[n+]3C)[se]c3ccccc34)c12. The molecule has 0 bridgehead atoms. The van der Waals surface area contributed by atoms with Crippen LogP contribution in [0, 0.1) is 6.92 Å². The van der Waals surface area contributed by atoms with Crippen molar-refractivity contribution in [3.8, 4) is 5.82 Å². The van der Waals surface area contributed by atoms with Gasteiger partial charge in [0.15, 0.2) is 0 Å². The Morgan fingerprint density at radius 3 is 2.35 bits per heavy atom. The molecule has 3 heteroatoms. The summed E-state index contributed by atoms with van der Waals surface area (Å²) >= 11 is 0.379. The second-order valence-corrected chi connectivity index (χ2v) is 11.1. The van der Waals surface area contributed by atoms with Crippen LogP contribution in [0.2, 0.25) is 0 Å². The fourth-order valence-electron chi connectivity index (χ4n) is 5.13. The number of benzene rings is 3. The minimum absolute atomic E-state index is 0.379. The van der Waals surface area contributed by atoms with Crippen molar-refractivity contribution in [1.29, 1.82) is 0 Å². The molecule has 6 rings (SSSR count). The second-order valence-electron chi connectivity index (χ2n) is 8.80. The first kappa shape index (κ1) is 18.9. The Kier molecular flexibility index (Phi) is 4.15. The fourth-order valence-corrected chi connectivity index (χ4v) is 7.56. The molecule has 0 aliphatic rings. The Morgan fingerprint density at radius 1 is 0.806 bits per heavy atom. The zero-order chi connectivity index (χ0) is 21.3. The maximum atomic E-state index is 2.49. The van der Waals surface area contributed by atoms with Crippen LogP contribution in [0.4, 0.5) is 0 Å². The zero-order valence-electron chi connectivity index (χ0n) is 18.3. The van der Waals surface area contributed by atoms with Gasteiger partial charge in [0.25, 0.3) is 0 Å². The molecule has 0 spiro atoms. The molecule has 6 aromatic rings. The van der Waals surface area contributed by atoms with E-state index >= 15 is 0 Å². The van der Waals surface area contributed by atoms with E-state index < -0.39 is 0 Å². The van der Waals surface area contributed by atoms with E-state index in [9.17, 15) is 0 Å². The first-order valence-electron chi connectivity index (χ1n) is 10.9. The van der Waals surface area contributed by atoms with Crippen LogP contribution in [0.15, 0.2) is 72.9 Å². The van der Waals surface area contributed by atoms with E-state index in [-0.39, 0.29) is 0 Å². The Balaban J connectivity index is 1.80. The van der Waals surface area contributed by atoms with Crippen molar-refractivity contribution >= 4 is 55.6 Å². The van der Waals surface area contributed by atoms with Crippen LogP contribution in [-0.2, 0) is 7.05 Å². The van der Waals surface area contributed by atoms with Crippen molar-refractivity contribution in [3.63, 3.8) is 0 Å². The molecule has 3 heterocycles. The topological polar surface area (TPSA) is 8.81 Å². The van der Waals surface area contributed by atoms with E-state index in [0.717, 1.165) is 0 Å². The van der Waals surface area contributed by atoms with Crippen molar-refractivity contribution in [3.05, 3.63) is 84.1 Å². The summed E-state index contributed by atoms with van der Waals surface area (Å²) in [6.45, 7) is 6.87. The third kappa shape index (κ3) is 2.67. The molecule has 3 aromatic heterocycles. The molecule has 0 aliphatic heterocycles. The summed E-state index contributed by atoms with van der Waals surface area (Å²) in [5, 5.41) is 5.45. The first-order valence-corrected chi connectivity index (χ1v) is 12.6. The number of rotatable bonds is 2. The molecule has 31 heavy (non-hydrogen) atoms. The monoisotopic (exact) mass is 469 g/mol. The standard InChI is InChI=1S/C28H25N2Se/c1-17(2)19-13-14-22-20-9-5-7-11-24(20)30(28(22)18(19)3)27-15-23-21-10-6-8-12-25(21)31-26(23)16-29(27)4/h5-17H,1-4H3/q+1. The van der Waals surface area contributed by atoms with Crippen molar-refractivity contribution in [1.82, 2.24) is 4.57 Å². The van der Waals surface area contributed by atoms with E-state index in [1.54, 1.807) is 0 Å². The number of hydrogen-bond donors (Lipinski definition) is 0. The number of fused-ring (bicyclic) bond motifs is 6. The fraction of sp³-hybridized carbons (Fsp3) is 0.179. The van der Waals surface area contributed by atoms with Crippen LogP contribution in [0.25, 0.3) is 46.9 Å². The molecule has 2 nitrogen and oxygen atoms in total. The molecule has 152 valence electrons. The average Bonchev–Trinajstić information content (AvgIpc) is 3.29. The molecular formula is C28H25N2Se+. The maximum absolute atomic E-state index is 2.49. The first-order chi connectivity index (χ1) is 15.0. The van der Waals surface area contributed by atoms with Gasteiger partial charge in [-0.3, -0.25) is 0 Å². The Bertz CT molecular complexity index is 1630. The predicted octanol–water partition coefficient (Wildman–Crippen LogP) is 6.40. The number of para-hydroxylation sites is 1. The van der Waals surface area contributed by atoms with Crippen molar-refractivity contribution in [2.24, 2.45) is 7.05 Å². The second kappa shape index (κ2) is 6.82. The van der Waals surface area contributed by atoms with Crippen LogP contribution < -0.4 is 4.57 Å². The third-order valence-corrected chi connectivity index (χ3v) is 8.94. The number of pyridine rings is 1.